The fourth-order valence-corrected chi connectivity index (χ4v) is 3.73. The number of allylic oxidation sites excluding steroid dienone is 4. The van der Waals surface area contributed by atoms with Gasteiger partial charge >= 0.3 is 0 Å². The summed E-state index contributed by atoms with van der Waals surface area (Å²) >= 11 is 0. The molecule has 0 aliphatic heterocycles. The molecule has 0 bridgehead atoms. The first-order chi connectivity index (χ1) is 16.7. The molecule has 0 saturated carbocycles. The van der Waals surface area contributed by atoms with E-state index in [0.717, 1.165) is 23.3 Å². The number of carbonyl (C=O) groups is 2. The number of carbonyl (C=O) groups excluding carboxylic acids is 2. The lowest BCUT2D eigenvalue weighted by Crippen LogP contribution is -2.20. The predicted octanol–water partition coefficient (Wildman–Crippen LogP) is 5.34. The van der Waals surface area contributed by atoms with Gasteiger partial charge in [-0.15, -0.1) is 0 Å². The molecule has 4 rings (SSSR count). The first-order valence-electron chi connectivity index (χ1n) is 10.7. The molecular formula is C29H22O6. The van der Waals surface area contributed by atoms with E-state index >= 15 is 0 Å². The van der Waals surface area contributed by atoms with Crippen molar-refractivity contribution >= 4 is 35.4 Å². The van der Waals surface area contributed by atoms with E-state index in [0.29, 0.717) is 11.1 Å². The zero-order valence-corrected chi connectivity index (χ0v) is 18.8. The Labute approximate surface area is 201 Å². The summed E-state index contributed by atoms with van der Waals surface area (Å²) in [4.78, 5) is 25.0. The number of ketones is 2. The van der Waals surface area contributed by atoms with Crippen LogP contribution in [0.2, 0.25) is 0 Å². The second kappa shape index (κ2) is 9.57. The van der Waals surface area contributed by atoms with E-state index in [1.807, 2.05) is 31.2 Å². The van der Waals surface area contributed by atoms with Gasteiger partial charge in [0.2, 0.25) is 11.6 Å². The third-order valence-corrected chi connectivity index (χ3v) is 5.51. The Balaban J connectivity index is 1.89. The maximum Gasteiger partial charge on any atom is 0.233 e. The number of rotatable bonds is 5. The highest BCUT2D eigenvalue weighted by Gasteiger charge is 2.30. The van der Waals surface area contributed by atoms with Crippen molar-refractivity contribution in [2.24, 2.45) is 0 Å². The molecule has 3 aromatic rings. The summed E-state index contributed by atoms with van der Waals surface area (Å²) in [5.41, 5.74) is 2.86. The van der Waals surface area contributed by atoms with Gasteiger partial charge in [-0.2, -0.15) is 0 Å². The van der Waals surface area contributed by atoms with Crippen molar-refractivity contribution in [3.63, 3.8) is 0 Å². The topological polar surface area (TPSA) is 115 Å². The van der Waals surface area contributed by atoms with Crippen LogP contribution in [0.15, 0.2) is 84.1 Å². The average molecular weight is 466 g/mol. The van der Waals surface area contributed by atoms with Crippen molar-refractivity contribution in [2.45, 2.75) is 6.92 Å². The number of phenolic OH excluding ortho intramolecular Hbond substituents is 3. The van der Waals surface area contributed by atoms with Gasteiger partial charge in [-0.1, -0.05) is 60.2 Å². The van der Waals surface area contributed by atoms with Crippen LogP contribution in [0, 0.1) is 6.92 Å². The van der Waals surface area contributed by atoms with Crippen molar-refractivity contribution in [2.75, 3.05) is 0 Å². The third kappa shape index (κ3) is 5.07. The lowest BCUT2D eigenvalue weighted by atomic mass is 9.85. The first-order valence-corrected chi connectivity index (χ1v) is 10.7. The summed E-state index contributed by atoms with van der Waals surface area (Å²) in [7, 11) is 0. The number of aryl methyl sites for hydroxylation is 1. The van der Waals surface area contributed by atoms with E-state index in [4.69, 9.17) is 0 Å². The molecule has 0 radical (unpaired) electrons. The van der Waals surface area contributed by atoms with Crippen LogP contribution >= 0.6 is 0 Å². The minimum absolute atomic E-state index is 0.0364. The molecule has 6 heteroatoms. The molecule has 0 aromatic heterocycles. The Morgan fingerprint density at radius 2 is 1.29 bits per heavy atom. The molecule has 35 heavy (non-hydrogen) atoms. The Morgan fingerprint density at radius 1 is 0.686 bits per heavy atom. The zero-order chi connectivity index (χ0) is 25.1. The highest BCUT2D eigenvalue weighted by molar-refractivity contribution is 6.51. The lowest BCUT2D eigenvalue weighted by Gasteiger charge is -2.19. The monoisotopic (exact) mass is 466 g/mol. The van der Waals surface area contributed by atoms with Gasteiger partial charge in [0.15, 0.2) is 0 Å². The summed E-state index contributed by atoms with van der Waals surface area (Å²) in [5, 5.41) is 41.0. The fraction of sp³-hybridized carbons (Fsp3) is 0.0345. The van der Waals surface area contributed by atoms with E-state index in [9.17, 15) is 30.0 Å². The zero-order valence-electron chi connectivity index (χ0n) is 18.8. The lowest BCUT2D eigenvalue weighted by molar-refractivity contribution is -0.131. The number of aliphatic hydroxyl groups excluding tert-OH is 1. The van der Waals surface area contributed by atoms with E-state index in [-0.39, 0.29) is 34.0 Å². The van der Waals surface area contributed by atoms with Crippen LogP contribution in [0.25, 0.3) is 23.8 Å². The van der Waals surface area contributed by atoms with Crippen LogP contribution in [0.1, 0.15) is 27.8 Å². The Hall–Kier alpha value is -4.84. The largest absolute Gasteiger partial charge is 0.508 e. The highest BCUT2D eigenvalue weighted by Crippen LogP contribution is 2.40. The number of benzene rings is 3. The van der Waals surface area contributed by atoms with E-state index in [2.05, 4.69) is 0 Å². The number of hydrogen-bond donors (Lipinski definition) is 4. The highest BCUT2D eigenvalue weighted by atomic mass is 16.3. The molecule has 6 nitrogen and oxygen atoms in total. The summed E-state index contributed by atoms with van der Waals surface area (Å²) < 4.78 is 0. The standard InChI is InChI=1S/C29H22O6/c1-17-2-4-18(5-3-17)6-10-20-14-22(31)15-24(32)27(20)28-23(29(35)26(34)16-25(28)33)13-9-19-7-11-21(30)12-8-19/h2-16,30-33H,1H3/b10-6+,13-9+. The summed E-state index contributed by atoms with van der Waals surface area (Å²) in [6.07, 6.45) is 7.15. The molecule has 0 unspecified atom stereocenters. The van der Waals surface area contributed by atoms with Crippen molar-refractivity contribution in [3.8, 4) is 17.2 Å². The van der Waals surface area contributed by atoms with Crippen LogP contribution in [0.5, 0.6) is 17.2 Å². The maximum atomic E-state index is 12.8. The van der Waals surface area contributed by atoms with Crippen LogP contribution in [0.3, 0.4) is 0 Å². The average Bonchev–Trinajstić information content (AvgIpc) is 2.82. The second-order valence-electron chi connectivity index (χ2n) is 8.11. The van der Waals surface area contributed by atoms with Crippen LogP contribution in [-0.4, -0.2) is 32.0 Å². The van der Waals surface area contributed by atoms with Gasteiger partial charge in [-0.25, -0.2) is 0 Å². The van der Waals surface area contributed by atoms with Gasteiger partial charge in [-0.3, -0.25) is 9.59 Å². The molecule has 4 N–H and O–H groups in total. The van der Waals surface area contributed by atoms with Crippen molar-refractivity contribution in [3.05, 3.63) is 112 Å². The number of hydrogen-bond acceptors (Lipinski definition) is 6. The van der Waals surface area contributed by atoms with E-state index < -0.39 is 17.3 Å². The van der Waals surface area contributed by atoms with E-state index in [1.165, 1.54) is 24.3 Å². The van der Waals surface area contributed by atoms with Crippen molar-refractivity contribution in [1.29, 1.82) is 0 Å². The van der Waals surface area contributed by atoms with Gasteiger partial charge in [0.05, 0.1) is 0 Å². The molecular weight excluding hydrogens is 444 g/mol. The number of phenols is 3. The van der Waals surface area contributed by atoms with Gasteiger partial charge in [0, 0.05) is 28.9 Å². The minimum atomic E-state index is -0.897. The molecule has 3 aromatic carbocycles. The second-order valence-corrected chi connectivity index (χ2v) is 8.11. The number of aromatic hydroxyl groups is 3. The quantitative estimate of drug-likeness (QED) is 0.229. The molecule has 174 valence electrons. The third-order valence-electron chi connectivity index (χ3n) is 5.51. The molecule has 1 aliphatic rings. The van der Waals surface area contributed by atoms with Crippen LogP contribution in [-0.2, 0) is 9.59 Å². The van der Waals surface area contributed by atoms with Crippen LogP contribution in [0.4, 0.5) is 0 Å². The van der Waals surface area contributed by atoms with Gasteiger partial charge in [-0.05, 0) is 47.9 Å². The first kappa shape index (κ1) is 23.3. The van der Waals surface area contributed by atoms with Gasteiger partial charge in [0.1, 0.15) is 23.0 Å². The van der Waals surface area contributed by atoms with Crippen LogP contribution < -0.4 is 0 Å². The Kier molecular flexibility index (Phi) is 6.38. The summed E-state index contributed by atoms with van der Waals surface area (Å²) in [5.74, 6) is -2.74. The molecule has 0 heterocycles. The molecule has 0 amide bonds. The normalized spacial score (nSPS) is 14.3. The van der Waals surface area contributed by atoms with Gasteiger partial charge < -0.3 is 20.4 Å². The number of Topliss-reactive ketones (excluding diaryl/α,β-unsaturated/α-hetero) is 1. The SMILES string of the molecule is Cc1ccc(/C=C/c2cc(O)cc(O)c2C2=C(/C=C/c3ccc(O)cc3)C(=O)C(=O)C=C2O)cc1. The smallest absolute Gasteiger partial charge is 0.233 e. The molecule has 0 atom stereocenters. The maximum absolute atomic E-state index is 12.8. The Bertz CT molecular complexity index is 1440. The summed E-state index contributed by atoms with van der Waals surface area (Å²) in [6.45, 7) is 1.97. The minimum Gasteiger partial charge on any atom is -0.508 e. The van der Waals surface area contributed by atoms with Crippen molar-refractivity contribution in [1.82, 2.24) is 0 Å². The number of aliphatic hydroxyl groups is 1. The Morgan fingerprint density at radius 3 is 1.94 bits per heavy atom. The van der Waals surface area contributed by atoms with Crippen molar-refractivity contribution < 1.29 is 30.0 Å². The fourth-order valence-electron chi connectivity index (χ4n) is 3.73. The molecule has 1 aliphatic carbocycles. The van der Waals surface area contributed by atoms with E-state index in [1.54, 1.807) is 30.4 Å². The summed E-state index contributed by atoms with van der Waals surface area (Å²) in [6, 6.07) is 16.3. The molecule has 0 spiro atoms. The van der Waals surface area contributed by atoms with Gasteiger partial charge in [0.25, 0.3) is 0 Å². The molecule has 0 fully saturated rings. The predicted molar refractivity (Wildman–Crippen MR) is 135 cm³/mol. The molecule has 0 saturated heterocycles.